The van der Waals surface area contributed by atoms with Gasteiger partial charge in [-0.1, -0.05) is 24.3 Å². The molecule has 28 heavy (non-hydrogen) atoms. The number of anilines is 2. The molecule has 6 nitrogen and oxygen atoms in total. The molecule has 0 radical (unpaired) electrons. The van der Waals surface area contributed by atoms with Gasteiger partial charge in [0.25, 0.3) is 0 Å². The zero-order valence-corrected chi connectivity index (χ0v) is 16.2. The Morgan fingerprint density at radius 1 is 1.04 bits per heavy atom. The number of rotatable bonds is 7. The topological polar surface area (TPSA) is 73.9 Å². The quantitative estimate of drug-likeness (QED) is 0.572. The average Bonchev–Trinajstić information content (AvgIpc) is 3.11. The second-order valence-electron chi connectivity index (χ2n) is 5.64. The van der Waals surface area contributed by atoms with Crippen molar-refractivity contribution in [3.8, 4) is 11.5 Å². The summed E-state index contributed by atoms with van der Waals surface area (Å²) in [7, 11) is 1.52. The molecule has 7 heteroatoms. The molecule has 0 saturated heterocycles. The van der Waals surface area contributed by atoms with Gasteiger partial charge < -0.3 is 19.5 Å². The number of thiophene rings is 1. The van der Waals surface area contributed by atoms with Gasteiger partial charge in [0.1, 0.15) is 16.3 Å². The molecule has 3 aromatic rings. The first kappa shape index (κ1) is 19.4. The van der Waals surface area contributed by atoms with Crippen molar-refractivity contribution >= 4 is 34.0 Å². The molecule has 0 aliphatic heterocycles. The minimum Gasteiger partial charge on any atom is -0.497 e. The lowest BCUT2D eigenvalue weighted by atomic mass is 10.2. The van der Waals surface area contributed by atoms with Gasteiger partial charge in [-0.15, -0.1) is 11.3 Å². The summed E-state index contributed by atoms with van der Waals surface area (Å²) in [5, 5.41) is 5.32. The molecule has 0 spiro atoms. The van der Waals surface area contributed by atoms with E-state index in [0.29, 0.717) is 16.3 Å². The molecule has 1 aromatic heterocycles. The van der Waals surface area contributed by atoms with Crippen LogP contribution in [0.15, 0.2) is 60.0 Å². The Kier molecular flexibility index (Phi) is 6.29. The molecule has 2 aromatic carbocycles. The van der Waals surface area contributed by atoms with E-state index in [2.05, 4.69) is 5.32 Å². The highest BCUT2D eigenvalue weighted by atomic mass is 32.1. The molecule has 0 atom stereocenters. The number of hydrogen-bond acceptors (Lipinski definition) is 7. The summed E-state index contributed by atoms with van der Waals surface area (Å²) in [5.41, 5.74) is 1.31. The van der Waals surface area contributed by atoms with Gasteiger partial charge in [0.05, 0.1) is 19.3 Å². The van der Waals surface area contributed by atoms with Crippen molar-refractivity contribution in [3.05, 3.63) is 71.1 Å². The number of hydrogen-bond donors (Lipinski definition) is 1. The van der Waals surface area contributed by atoms with Crippen molar-refractivity contribution in [2.45, 2.75) is 6.92 Å². The summed E-state index contributed by atoms with van der Waals surface area (Å²) in [6.07, 6.45) is 0. The first-order chi connectivity index (χ1) is 13.6. The van der Waals surface area contributed by atoms with Crippen molar-refractivity contribution in [2.24, 2.45) is 0 Å². The second-order valence-corrected chi connectivity index (χ2v) is 6.52. The first-order valence-electron chi connectivity index (χ1n) is 8.59. The maximum atomic E-state index is 12.5. The molecular formula is C21H19NO5S. The molecule has 1 heterocycles. The van der Waals surface area contributed by atoms with Crippen LogP contribution in [0.1, 0.15) is 27.6 Å². The molecule has 3 rings (SSSR count). The van der Waals surface area contributed by atoms with Gasteiger partial charge in [-0.3, -0.25) is 0 Å². The molecule has 0 amide bonds. The van der Waals surface area contributed by atoms with Crippen LogP contribution in [0.2, 0.25) is 0 Å². The van der Waals surface area contributed by atoms with Crippen molar-refractivity contribution in [1.29, 1.82) is 0 Å². The highest BCUT2D eigenvalue weighted by Gasteiger charge is 2.24. The Hall–Kier alpha value is -3.32. The predicted molar refractivity (Wildman–Crippen MR) is 108 cm³/mol. The smallest absolute Gasteiger partial charge is 0.344 e. The minimum absolute atomic E-state index is 0.148. The molecule has 1 N–H and O–H groups in total. The SMILES string of the molecule is CCOC(=O)c1c(OC(=O)c2cccc(OC)c2)csc1Nc1ccccc1. The van der Waals surface area contributed by atoms with Crippen molar-refractivity contribution < 1.29 is 23.8 Å². The fourth-order valence-electron chi connectivity index (χ4n) is 2.47. The number of ether oxygens (including phenoxy) is 3. The molecule has 0 bridgehead atoms. The number of carbonyl (C=O) groups is 2. The van der Waals surface area contributed by atoms with Crippen LogP contribution in [0.25, 0.3) is 0 Å². The summed E-state index contributed by atoms with van der Waals surface area (Å²) in [6.45, 7) is 1.93. The van der Waals surface area contributed by atoms with Crippen LogP contribution in [0.5, 0.6) is 11.5 Å². The largest absolute Gasteiger partial charge is 0.497 e. The third-order valence-corrected chi connectivity index (χ3v) is 4.65. The van der Waals surface area contributed by atoms with Gasteiger partial charge >= 0.3 is 11.9 Å². The third-order valence-electron chi connectivity index (χ3n) is 3.78. The number of benzene rings is 2. The van der Waals surface area contributed by atoms with Gasteiger partial charge in [0.15, 0.2) is 5.75 Å². The van der Waals surface area contributed by atoms with Crippen LogP contribution in [0, 0.1) is 0 Å². The van der Waals surface area contributed by atoms with Crippen LogP contribution in [0.3, 0.4) is 0 Å². The third kappa shape index (κ3) is 4.50. The lowest BCUT2D eigenvalue weighted by Crippen LogP contribution is -2.12. The van der Waals surface area contributed by atoms with E-state index in [0.717, 1.165) is 5.69 Å². The summed E-state index contributed by atoms with van der Waals surface area (Å²) < 4.78 is 15.8. The second kappa shape index (κ2) is 9.05. The van der Waals surface area contributed by atoms with Crippen LogP contribution < -0.4 is 14.8 Å². The summed E-state index contributed by atoms with van der Waals surface area (Å²) in [6, 6.07) is 16.0. The van der Waals surface area contributed by atoms with Crippen molar-refractivity contribution in [1.82, 2.24) is 0 Å². The fraction of sp³-hybridized carbons (Fsp3) is 0.143. The highest BCUT2D eigenvalue weighted by Crippen LogP contribution is 2.37. The standard InChI is InChI=1S/C21H19NO5S/c1-3-26-21(24)18-17(13-28-19(18)22-15-9-5-4-6-10-15)27-20(23)14-8-7-11-16(12-14)25-2/h4-13,22H,3H2,1-2H3. The van der Waals surface area contributed by atoms with Crippen LogP contribution in [-0.2, 0) is 4.74 Å². The lowest BCUT2D eigenvalue weighted by Gasteiger charge is -2.10. The summed E-state index contributed by atoms with van der Waals surface area (Å²) in [5.74, 6) is -0.462. The molecular weight excluding hydrogens is 378 g/mol. The Morgan fingerprint density at radius 2 is 1.82 bits per heavy atom. The lowest BCUT2D eigenvalue weighted by molar-refractivity contribution is 0.0522. The normalized spacial score (nSPS) is 10.2. The molecule has 0 unspecified atom stereocenters. The molecule has 144 valence electrons. The van der Waals surface area contributed by atoms with E-state index in [1.165, 1.54) is 18.4 Å². The van der Waals surface area contributed by atoms with E-state index in [9.17, 15) is 9.59 Å². The maximum Gasteiger partial charge on any atom is 0.344 e. The zero-order chi connectivity index (χ0) is 19.9. The number of esters is 2. The van der Waals surface area contributed by atoms with Gasteiger partial charge in [-0.25, -0.2) is 9.59 Å². The molecule has 0 aliphatic carbocycles. The Bertz CT molecular complexity index is 968. The fourth-order valence-corrected chi connectivity index (χ4v) is 3.34. The first-order valence-corrected chi connectivity index (χ1v) is 9.47. The average molecular weight is 397 g/mol. The number of para-hydroxylation sites is 1. The minimum atomic E-state index is -0.589. The van der Waals surface area contributed by atoms with E-state index < -0.39 is 11.9 Å². The van der Waals surface area contributed by atoms with Crippen LogP contribution in [-0.4, -0.2) is 25.7 Å². The Labute approximate surface area is 166 Å². The number of carbonyl (C=O) groups excluding carboxylic acids is 2. The van der Waals surface area contributed by atoms with Crippen molar-refractivity contribution in [3.63, 3.8) is 0 Å². The highest BCUT2D eigenvalue weighted by molar-refractivity contribution is 7.15. The van der Waals surface area contributed by atoms with Gasteiger partial charge in [0, 0.05) is 11.1 Å². The molecule has 0 saturated carbocycles. The van der Waals surface area contributed by atoms with E-state index in [-0.39, 0.29) is 17.9 Å². The zero-order valence-electron chi connectivity index (χ0n) is 15.4. The Balaban J connectivity index is 1.89. The van der Waals surface area contributed by atoms with Gasteiger partial charge in [-0.2, -0.15) is 0 Å². The van der Waals surface area contributed by atoms with Crippen molar-refractivity contribution in [2.75, 3.05) is 19.0 Å². The maximum absolute atomic E-state index is 12.5. The number of methoxy groups -OCH3 is 1. The summed E-state index contributed by atoms with van der Waals surface area (Å²) >= 11 is 1.26. The van der Waals surface area contributed by atoms with E-state index in [1.807, 2.05) is 30.3 Å². The van der Waals surface area contributed by atoms with E-state index >= 15 is 0 Å². The monoisotopic (exact) mass is 397 g/mol. The Morgan fingerprint density at radius 3 is 2.54 bits per heavy atom. The number of nitrogens with one attached hydrogen (secondary N) is 1. The van der Waals surface area contributed by atoms with E-state index in [4.69, 9.17) is 14.2 Å². The van der Waals surface area contributed by atoms with Crippen LogP contribution in [0.4, 0.5) is 10.7 Å². The summed E-state index contributed by atoms with van der Waals surface area (Å²) in [4.78, 5) is 25.0. The molecule has 0 aliphatic rings. The molecule has 0 fully saturated rings. The van der Waals surface area contributed by atoms with Gasteiger partial charge in [-0.05, 0) is 37.3 Å². The van der Waals surface area contributed by atoms with E-state index in [1.54, 1.807) is 36.6 Å². The predicted octanol–water partition coefficient (Wildman–Crippen LogP) is 4.90. The van der Waals surface area contributed by atoms with Gasteiger partial charge in [0.2, 0.25) is 0 Å². The van der Waals surface area contributed by atoms with Crippen LogP contribution >= 0.6 is 11.3 Å².